The molecule has 172 valence electrons. The molecule has 5 rings (SSSR count). The molecule has 0 bridgehead atoms. The molecule has 2 aromatic rings. The first-order valence-corrected chi connectivity index (χ1v) is 12.0. The van der Waals surface area contributed by atoms with Gasteiger partial charge in [0.2, 0.25) is 0 Å². The van der Waals surface area contributed by atoms with Crippen molar-refractivity contribution in [3.8, 4) is 0 Å². The molecule has 0 atom stereocenters. The number of aryl methyl sites for hydroxylation is 1. The number of H-pyrrole nitrogens is 1. The number of nitrogens with zero attached hydrogens (tertiary/aromatic N) is 1. The molecule has 1 aromatic heterocycles. The van der Waals surface area contributed by atoms with Crippen molar-refractivity contribution < 1.29 is 14.4 Å². The van der Waals surface area contributed by atoms with Crippen LogP contribution in [-0.2, 0) is 11.2 Å². The van der Waals surface area contributed by atoms with Crippen LogP contribution >= 0.6 is 0 Å². The molecule has 2 N–H and O–H groups in total. The van der Waals surface area contributed by atoms with E-state index >= 15 is 0 Å². The average Bonchev–Trinajstić information content (AvgIpc) is 3.11. The number of amides is 2. The summed E-state index contributed by atoms with van der Waals surface area (Å²) < 4.78 is 0. The van der Waals surface area contributed by atoms with Crippen molar-refractivity contribution in [3.05, 3.63) is 51.8 Å². The highest BCUT2D eigenvalue weighted by molar-refractivity contribution is 6.35. The Balaban J connectivity index is 1.51. The lowest BCUT2D eigenvalue weighted by Gasteiger charge is -2.28. The number of anilines is 1. The predicted octanol–water partition coefficient (Wildman–Crippen LogP) is 4.99. The Bertz CT molecular complexity index is 1190. The number of hydrogen-bond acceptors (Lipinski definition) is 3. The second kappa shape index (κ2) is 8.01. The fourth-order valence-electron chi connectivity index (χ4n) is 5.27. The van der Waals surface area contributed by atoms with Crippen molar-refractivity contribution in [1.29, 1.82) is 0 Å². The zero-order valence-corrected chi connectivity index (χ0v) is 19.6. The van der Waals surface area contributed by atoms with Crippen LogP contribution in [0.4, 0.5) is 5.69 Å². The van der Waals surface area contributed by atoms with Crippen molar-refractivity contribution >= 4 is 34.9 Å². The van der Waals surface area contributed by atoms with Gasteiger partial charge in [-0.2, -0.15) is 0 Å². The topological polar surface area (TPSA) is 82.3 Å². The van der Waals surface area contributed by atoms with E-state index in [0.29, 0.717) is 16.8 Å². The molecule has 2 aliphatic heterocycles. The minimum absolute atomic E-state index is 0.0257. The van der Waals surface area contributed by atoms with Crippen LogP contribution < -0.4 is 5.32 Å². The molecule has 1 saturated heterocycles. The minimum Gasteiger partial charge on any atom is -0.358 e. The lowest BCUT2D eigenvalue weighted by atomic mass is 9.74. The van der Waals surface area contributed by atoms with Crippen LogP contribution in [-0.4, -0.2) is 40.6 Å². The summed E-state index contributed by atoms with van der Waals surface area (Å²) in [5, 5.41) is 2.91. The average molecular weight is 446 g/mol. The Morgan fingerprint density at radius 1 is 1.09 bits per heavy atom. The van der Waals surface area contributed by atoms with Gasteiger partial charge >= 0.3 is 0 Å². The number of carbonyl (C=O) groups is 3. The first-order chi connectivity index (χ1) is 15.8. The van der Waals surface area contributed by atoms with Crippen molar-refractivity contribution in [2.45, 2.75) is 59.3 Å². The summed E-state index contributed by atoms with van der Waals surface area (Å²) in [6.45, 7) is 7.49. The van der Waals surface area contributed by atoms with Gasteiger partial charge in [0.1, 0.15) is 0 Å². The van der Waals surface area contributed by atoms with Crippen LogP contribution in [0.2, 0.25) is 0 Å². The molecule has 0 saturated carbocycles. The van der Waals surface area contributed by atoms with Crippen LogP contribution in [0.1, 0.15) is 89.2 Å². The van der Waals surface area contributed by atoms with E-state index in [4.69, 9.17) is 0 Å². The molecule has 6 heteroatoms. The van der Waals surface area contributed by atoms with Gasteiger partial charge in [-0.3, -0.25) is 14.4 Å². The van der Waals surface area contributed by atoms with Crippen molar-refractivity contribution in [3.63, 3.8) is 0 Å². The maximum Gasteiger partial charge on any atom is 0.256 e. The van der Waals surface area contributed by atoms with Gasteiger partial charge in [0.15, 0.2) is 5.78 Å². The first kappa shape index (κ1) is 21.7. The van der Waals surface area contributed by atoms with E-state index in [9.17, 15) is 14.4 Å². The quantitative estimate of drug-likeness (QED) is 0.639. The SMILES string of the molecule is Cc1c(C=C2C(=O)Nc3ccc(C(=O)N4CCCCCC4)cc32)[nH]c2c1C(=O)C(C)(C)CC2. The number of fused-ring (bicyclic) bond motifs is 2. The third kappa shape index (κ3) is 3.71. The number of aromatic amines is 1. The number of Topliss-reactive ketones (excluding diaryl/α,β-unsaturated/α-hetero) is 1. The van der Waals surface area contributed by atoms with Crippen LogP contribution in [0.5, 0.6) is 0 Å². The smallest absolute Gasteiger partial charge is 0.256 e. The van der Waals surface area contributed by atoms with E-state index in [2.05, 4.69) is 10.3 Å². The van der Waals surface area contributed by atoms with Gasteiger partial charge in [-0.05, 0) is 62.4 Å². The molecule has 2 amide bonds. The van der Waals surface area contributed by atoms with Gasteiger partial charge in [-0.15, -0.1) is 0 Å². The Morgan fingerprint density at radius 3 is 2.55 bits per heavy atom. The Labute approximate surface area is 194 Å². The fraction of sp³-hybridized carbons (Fsp3) is 0.444. The lowest BCUT2D eigenvalue weighted by Crippen LogP contribution is -2.31. The Kier molecular flexibility index (Phi) is 5.26. The van der Waals surface area contributed by atoms with E-state index in [1.54, 1.807) is 6.07 Å². The zero-order chi connectivity index (χ0) is 23.3. The van der Waals surface area contributed by atoms with Gasteiger partial charge < -0.3 is 15.2 Å². The van der Waals surface area contributed by atoms with Crippen molar-refractivity contribution in [2.24, 2.45) is 5.41 Å². The summed E-state index contributed by atoms with van der Waals surface area (Å²) in [5.74, 6) is -0.00972. The molecule has 1 aliphatic carbocycles. The molecule has 0 spiro atoms. The molecular weight excluding hydrogens is 414 g/mol. The van der Waals surface area contributed by atoms with Crippen LogP contribution in [0.3, 0.4) is 0 Å². The number of nitrogens with one attached hydrogen (secondary N) is 2. The lowest BCUT2D eigenvalue weighted by molar-refractivity contribution is -0.110. The van der Waals surface area contributed by atoms with Gasteiger partial charge in [0.05, 0.1) is 5.57 Å². The van der Waals surface area contributed by atoms with Crippen LogP contribution in [0.25, 0.3) is 11.6 Å². The van der Waals surface area contributed by atoms with E-state index in [1.165, 1.54) is 12.8 Å². The van der Waals surface area contributed by atoms with Crippen LogP contribution in [0.15, 0.2) is 18.2 Å². The maximum atomic E-state index is 13.1. The summed E-state index contributed by atoms with van der Waals surface area (Å²) >= 11 is 0. The van der Waals surface area contributed by atoms with E-state index in [-0.39, 0.29) is 23.0 Å². The van der Waals surface area contributed by atoms with Gasteiger partial charge in [-0.1, -0.05) is 26.7 Å². The standard InChI is InChI=1S/C27H31N3O3/c1-16-22(28-21-10-11-27(2,3)24(31)23(16)21)15-19-18-14-17(8-9-20(18)29-25(19)32)26(33)30-12-6-4-5-7-13-30/h8-9,14-15,28H,4-7,10-13H2,1-3H3,(H,29,32). The highest BCUT2D eigenvalue weighted by atomic mass is 16.2. The fourth-order valence-corrected chi connectivity index (χ4v) is 5.27. The monoisotopic (exact) mass is 445 g/mol. The number of aromatic nitrogens is 1. The normalized spacial score (nSPS) is 20.9. The predicted molar refractivity (Wildman–Crippen MR) is 129 cm³/mol. The van der Waals surface area contributed by atoms with Crippen LogP contribution in [0, 0.1) is 12.3 Å². The molecule has 0 unspecified atom stereocenters. The molecule has 0 radical (unpaired) electrons. The number of rotatable bonds is 2. The number of ketones is 1. The van der Waals surface area contributed by atoms with E-state index in [0.717, 1.165) is 66.9 Å². The molecular formula is C27H31N3O3. The summed E-state index contributed by atoms with van der Waals surface area (Å²) in [6, 6.07) is 5.45. The summed E-state index contributed by atoms with van der Waals surface area (Å²) in [7, 11) is 0. The van der Waals surface area contributed by atoms with Gasteiger partial charge in [-0.25, -0.2) is 0 Å². The summed E-state index contributed by atoms with van der Waals surface area (Å²) in [6.07, 6.45) is 7.85. The molecule has 3 aliphatic rings. The Hall–Kier alpha value is -3.15. The number of likely N-dealkylation sites (tertiary alicyclic amines) is 1. The molecule has 6 nitrogen and oxygen atoms in total. The first-order valence-electron chi connectivity index (χ1n) is 12.0. The van der Waals surface area contributed by atoms with Gasteiger partial charge in [0.25, 0.3) is 11.8 Å². The Morgan fingerprint density at radius 2 is 1.82 bits per heavy atom. The number of carbonyl (C=O) groups excluding carboxylic acids is 3. The van der Waals surface area contributed by atoms with E-state index in [1.807, 2.05) is 43.9 Å². The third-order valence-electron chi connectivity index (χ3n) is 7.44. The highest BCUT2D eigenvalue weighted by Crippen LogP contribution is 2.39. The number of benzene rings is 1. The third-order valence-corrected chi connectivity index (χ3v) is 7.44. The molecule has 33 heavy (non-hydrogen) atoms. The summed E-state index contributed by atoms with van der Waals surface area (Å²) in [4.78, 5) is 44.3. The van der Waals surface area contributed by atoms with E-state index < -0.39 is 0 Å². The second-order valence-electron chi connectivity index (χ2n) is 10.2. The molecule has 1 aromatic carbocycles. The largest absolute Gasteiger partial charge is 0.358 e. The highest BCUT2D eigenvalue weighted by Gasteiger charge is 2.37. The summed E-state index contributed by atoms with van der Waals surface area (Å²) in [5.41, 5.74) is 5.59. The zero-order valence-electron chi connectivity index (χ0n) is 19.6. The van der Waals surface area contributed by atoms with Gasteiger partial charge in [0, 0.05) is 52.3 Å². The van der Waals surface area contributed by atoms with Crippen molar-refractivity contribution in [1.82, 2.24) is 9.88 Å². The number of hydrogen-bond donors (Lipinski definition) is 2. The molecule has 3 heterocycles. The molecule has 1 fully saturated rings. The minimum atomic E-state index is -0.371. The van der Waals surface area contributed by atoms with Crippen molar-refractivity contribution in [2.75, 3.05) is 18.4 Å². The second-order valence-corrected chi connectivity index (χ2v) is 10.2. The maximum absolute atomic E-state index is 13.1.